The summed E-state index contributed by atoms with van der Waals surface area (Å²) in [4.78, 5) is 38.6. The SMILES string of the molecule is CC(C)OC(=O)c1cccc(-c2ccc(N3C(=O)c4ccccc4C3=O)cc2)c1. The van der Waals surface area contributed by atoms with E-state index in [0.717, 1.165) is 11.1 Å². The van der Waals surface area contributed by atoms with Crippen molar-refractivity contribution in [1.29, 1.82) is 0 Å². The average molecular weight is 385 g/mol. The van der Waals surface area contributed by atoms with E-state index in [-0.39, 0.29) is 23.9 Å². The fraction of sp³-hybridized carbons (Fsp3) is 0.125. The molecule has 144 valence electrons. The van der Waals surface area contributed by atoms with Crippen LogP contribution in [-0.4, -0.2) is 23.9 Å². The van der Waals surface area contributed by atoms with Crippen LogP contribution in [-0.2, 0) is 4.74 Å². The molecule has 0 atom stereocenters. The zero-order valence-electron chi connectivity index (χ0n) is 16.1. The monoisotopic (exact) mass is 385 g/mol. The number of anilines is 1. The van der Waals surface area contributed by atoms with Crippen LogP contribution in [0.15, 0.2) is 72.8 Å². The van der Waals surface area contributed by atoms with Crippen LogP contribution in [0, 0.1) is 0 Å². The van der Waals surface area contributed by atoms with Crippen LogP contribution in [0.4, 0.5) is 5.69 Å². The lowest BCUT2D eigenvalue weighted by Crippen LogP contribution is -2.29. The second kappa shape index (κ2) is 7.36. The molecule has 0 radical (unpaired) electrons. The predicted octanol–water partition coefficient (Wildman–Crippen LogP) is 4.72. The van der Waals surface area contributed by atoms with Gasteiger partial charge in [-0.15, -0.1) is 0 Å². The van der Waals surface area contributed by atoms with Gasteiger partial charge in [0.1, 0.15) is 0 Å². The van der Waals surface area contributed by atoms with E-state index in [9.17, 15) is 14.4 Å². The molecule has 5 heteroatoms. The lowest BCUT2D eigenvalue weighted by Gasteiger charge is -2.14. The van der Waals surface area contributed by atoms with Gasteiger partial charge in [-0.2, -0.15) is 0 Å². The van der Waals surface area contributed by atoms with Crippen LogP contribution >= 0.6 is 0 Å². The molecule has 0 saturated heterocycles. The van der Waals surface area contributed by atoms with Crippen molar-refractivity contribution >= 4 is 23.5 Å². The number of nitrogens with zero attached hydrogens (tertiary/aromatic N) is 1. The highest BCUT2D eigenvalue weighted by Gasteiger charge is 2.36. The Labute approximate surface area is 168 Å². The number of fused-ring (bicyclic) bond motifs is 1. The third kappa shape index (κ3) is 3.43. The summed E-state index contributed by atoms with van der Waals surface area (Å²) in [6.07, 6.45) is -0.190. The zero-order chi connectivity index (χ0) is 20.5. The number of hydrogen-bond donors (Lipinski definition) is 0. The van der Waals surface area contributed by atoms with Gasteiger partial charge in [0.2, 0.25) is 0 Å². The molecule has 5 nitrogen and oxygen atoms in total. The van der Waals surface area contributed by atoms with E-state index in [0.29, 0.717) is 22.4 Å². The molecule has 1 aliphatic rings. The van der Waals surface area contributed by atoms with Gasteiger partial charge in [-0.05, 0) is 61.4 Å². The largest absolute Gasteiger partial charge is 0.459 e. The first-order valence-corrected chi connectivity index (χ1v) is 9.35. The van der Waals surface area contributed by atoms with Gasteiger partial charge in [0.15, 0.2) is 0 Å². The number of hydrogen-bond acceptors (Lipinski definition) is 4. The quantitative estimate of drug-likeness (QED) is 0.482. The standard InChI is InChI=1S/C24H19NO4/c1-15(2)29-24(28)18-7-5-6-17(14-18)16-10-12-19(13-11-16)25-22(26)20-8-3-4-9-21(20)23(25)27/h3-15H,1-2H3. The number of esters is 1. The first-order valence-electron chi connectivity index (χ1n) is 9.35. The van der Waals surface area contributed by atoms with E-state index in [4.69, 9.17) is 4.74 Å². The molecule has 2 amide bonds. The minimum atomic E-state index is -0.371. The summed E-state index contributed by atoms with van der Waals surface area (Å²) in [7, 11) is 0. The summed E-state index contributed by atoms with van der Waals surface area (Å²) in [5.41, 5.74) is 3.52. The normalized spacial score (nSPS) is 13.0. The molecule has 0 fully saturated rings. The van der Waals surface area contributed by atoms with Gasteiger partial charge in [-0.3, -0.25) is 9.59 Å². The van der Waals surface area contributed by atoms with Crippen molar-refractivity contribution in [3.63, 3.8) is 0 Å². The summed E-state index contributed by atoms with van der Waals surface area (Å²) in [5.74, 6) is -1.02. The maximum Gasteiger partial charge on any atom is 0.338 e. The molecule has 0 N–H and O–H groups in total. The number of amides is 2. The number of ether oxygens (including phenoxy) is 1. The Bertz CT molecular complexity index is 1080. The van der Waals surface area contributed by atoms with Crippen LogP contribution < -0.4 is 4.90 Å². The molecule has 4 rings (SSSR count). The third-order valence-corrected chi connectivity index (χ3v) is 4.69. The molecule has 0 spiro atoms. The van der Waals surface area contributed by atoms with E-state index in [1.165, 1.54) is 4.90 Å². The Morgan fingerprint density at radius 2 is 1.41 bits per heavy atom. The van der Waals surface area contributed by atoms with Crippen molar-refractivity contribution in [2.45, 2.75) is 20.0 Å². The van der Waals surface area contributed by atoms with Crippen LogP contribution in [0.1, 0.15) is 44.9 Å². The lowest BCUT2D eigenvalue weighted by atomic mass is 10.0. The van der Waals surface area contributed by atoms with Crippen molar-refractivity contribution < 1.29 is 19.1 Å². The summed E-state index contributed by atoms with van der Waals surface area (Å²) in [5, 5.41) is 0. The highest BCUT2D eigenvalue weighted by Crippen LogP contribution is 2.30. The van der Waals surface area contributed by atoms with Crippen LogP contribution in [0.3, 0.4) is 0 Å². The number of carbonyl (C=O) groups is 3. The molecule has 1 aliphatic heterocycles. The van der Waals surface area contributed by atoms with Crippen molar-refractivity contribution in [3.8, 4) is 11.1 Å². The molecule has 3 aromatic rings. The minimum Gasteiger partial charge on any atom is -0.459 e. The molecule has 0 bridgehead atoms. The molecule has 29 heavy (non-hydrogen) atoms. The fourth-order valence-corrected chi connectivity index (χ4v) is 3.33. The fourth-order valence-electron chi connectivity index (χ4n) is 3.33. The van der Waals surface area contributed by atoms with Crippen molar-refractivity contribution in [1.82, 2.24) is 0 Å². The molecule has 3 aromatic carbocycles. The highest BCUT2D eigenvalue weighted by atomic mass is 16.5. The zero-order valence-corrected chi connectivity index (χ0v) is 16.1. The summed E-state index contributed by atoms with van der Waals surface area (Å²) < 4.78 is 5.25. The predicted molar refractivity (Wildman–Crippen MR) is 110 cm³/mol. The Morgan fingerprint density at radius 3 is 2.00 bits per heavy atom. The maximum atomic E-state index is 12.6. The van der Waals surface area contributed by atoms with Gasteiger partial charge in [-0.25, -0.2) is 9.69 Å². The molecule has 0 unspecified atom stereocenters. The van der Waals surface area contributed by atoms with Crippen LogP contribution in [0.5, 0.6) is 0 Å². The second-order valence-corrected chi connectivity index (χ2v) is 7.07. The highest BCUT2D eigenvalue weighted by molar-refractivity contribution is 6.34. The number of imide groups is 1. The summed E-state index contributed by atoms with van der Waals surface area (Å²) in [6, 6.07) is 21.1. The van der Waals surface area contributed by atoms with Gasteiger partial charge in [0.05, 0.1) is 28.5 Å². The van der Waals surface area contributed by atoms with Crippen molar-refractivity contribution in [2.24, 2.45) is 0 Å². The van der Waals surface area contributed by atoms with E-state index < -0.39 is 0 Å². The third-order valence-electron chi connectivity index (χ3n) is 4.69. The van der Waals surface area contributed by atoms with Gasteiger partial charge in [0.25, 0.3) is 11.8 Å². The number of carbonyl (C=O) groups excluding carboxylic acids is 3. The van der Waals surface area contributed by atoms with Crippen LogP contribution in [0.2, 0.25) is 0 Å². The van der Waals surface area contributed by atoms with E-state index in [1.807, 2.05) is 18.2 Å². The first-order chi connectivity index (χ1) is 14.0. The number of benzene rings is 3. The van der Waals surface area contributed by atoms with E-state index >= 15 is 0 Å². The smallest absolute Gasteiger partial charge is 0.338 e. The maximum absolute atomic E-state index is 12.6. The Morgan fingerprint density at radius 1 is 0.793 bits per heavy atom. The van der Waals surface area contributed by atoms with E-state index in [2.05, 4.69) is 0 Å². The molecule has 0 saturated carbocycles. The molecular formula is C24H19NO4. The van der Waals surface area contributed by atoms with Crippen molar-refractivity contribution in [2.75, 3.05) is 4.90 Å². The Kier molecular flexibility index (Phi) is 4.72. The molecule has 0 aliphatic carbocycles. The summed E-state index contributed by atoms with van der Waals surface area (Å²) in [6.45, 7) is 3.61. The van der Waals surface area contributed by atoms with Gasteiger partial charge < -0.3 is 4.74 Å². The van der Waals surface area contributed by atoms with Crippen LogP contribution in [0.25, 0.3) is 11.1 Å². The first kappa shape index (κ1) is 18.6. The molecule has 0 aromatic heterocycles. The lowest BCUT2D eigenvalue weighted by molar-refractivity contribution is 0.0377. The van der Waals surface area contributed by atoms with Gasteiger partial charge in [-0.1, -0.05) is 36.4 Å². The van der Waals surface area contributed by atoms with E-state index in [1.54, 1.807) is 68.4 Å². The summed E-state index contributed by atoms with van der Waals surface area (Å²) >= 11 is 0. The molecule has 1 heterocycles. The average Bonchev–Trinajstić information content (AvgIpc) is 2.98. The molecular weight excluding hydrogens is 366 g/mol. The topological polar surface area (TPSA) is 63.7 Å². The van der Waals surface area contributed by atoms with Gasteiger partial charge >= 0.3 is 5.97 Å². The minimum absolute atomic E-state index is 0.190. The Balaban J connectivity index is 1.60. The number of rotatable bonds is 4. The van der Waals surface area contributed by atoms with Crippen molar-refractivity contribution in [3.05, 3.63) is 89.5 Å². The van der Waals surface area contributed by atoms with Gasteiger partial charge in [0, 0.05) is 0 Å². The Hall–Kier alpha value is -3.73. The second-order valence-electron chi connectivity index (χ2n) is 7.07.